The van der Waals surface area contributed by atoms with Gasteiger partial charge in [-0.25, -0.2) is 9.37 Å². The quantitative estimate of drug-likeness (QED) is 0.546. The summed E-state index contributed by atoms with van der Waals surface area (Å²) in [6.07, 6.45) is 3.58. The van der Waals surface area contributed by atoms with Gasteiger partial charge < -0.3 is 9.14 Å². The summed E-state index contributed by atoms with van der Waals surface area (Å²) in [5.41, 5.74) is 1.06. The standard InChI is InChI=1S/C14H10FN3O3/c15-10-4-5-12(18(19)20)13(7-10)21-9-11-8-17-6-2-1-3-14(17)16-11/h1-8H,9H2. The molecule has 0 unspecified atom stereocenters. The first kappa shape index (κ1) is 13.0. The van der Waals surface area contributed by atoms with Crippen LogP contribution in [0.25, 0.3) is 5.65 Å². The van der Waals surface area contributed by atoms with Crippen LogP contribution < -0.4 is 4.74 Å². The Hall–Kier alpha value is -2.96. The maximum absolute atomic E-state index is 13.2. The van der Waals surface area contributed by atoms with Crippen LogP contribution >= 0.6 is 0 Å². The Balaban J connectivity index is 1.84. The van der Waals surface area contributed by atoms with Gasteiger partial charge in [-0.3, -0.25) is 10.1 Å². The van der Waals surface area contributed by atoms with Gasteiger partial charge in [-0.15, -0.1) is 0 Å². The van der Waals surface area contributed by atoms with Crippen molar-refractivity contribution < 1.29 is 14.1 Å². The molecule has 0 aliphatic carbocycles. The minimum absolute atomic E-state index is 0.0198. The van der Waals surface area contributed by atoms with Crippen LogP contribution in [-0.4, -0.2) is 14.3 Å². The van der Waals surface area contributed by atoms with E-state index in [1.807, 2.05) is 24.4 Å². The number of aromatic nitrogens is 2. The fourth-order valence-electron chi connectivity index (χ4n) is 1.96. The number of nitrogens with zero attached hydrogens (tertiary/aromatic N) is 3. The SMILES string of the molecule is O=[N+]([O-])c1ccc(F)cc1OCc1cn2ccccc2n1. The number of nitro groups is 1. The molecule has 106 valence electrons. The molecule has 0 saturated heterocycles. The predicted octanol–water partition coefficient (Wildman–Crippen LogP) is 2.96. The summed E-state index contributed by atoms with van der Waals surface area (Å²) < 4.78 is 20.3. The van der Waals surface area contributed by atoms with Crippen LogP contribution in [0.3, 0.4) is 0 Å². The number of halogens is 1. The molecule has 1 aromatic carbocycles. The number of fused-ring (bicyclic) bond motifs is 1. The molecule has 0 atom stereocenters. The third-order valence-corrected chi connectivity index (χ3v) is 2.91. The third kappa shape index (κ3) is 2.66. The highest BCUT2D eigenvalue weighted by Gasteiger charge is 2.16. The first-order chi connectivity index (χ1) is 10.1. The Kier molecular flexibility index (Phi) is 3.23. The van der Waals surface area contributed by atoms with Crippen molar-refractivity contribution >= 4 is 11.3 Å². The lowest BCUT2D eigenvalue weighted by Crippen LogP contribution is -2.00. The summed E-state index contributed by atoms with van der Waals surface area (Å²) in [6.45, 7) is 0.0198. The summed E-state index contributed by atoms with van der Waals surface area (Å²) in [7, 11) is 0. The Morgan fingerprint density at radius 1 is 1.33 bits per heavy atom. The van der Waals surface area contributed by atoms with Gasteiger partial charge >= 0.3 is 5.69 Å². The third-order valence-electron chi connectivity index (χ3n) is 2.91. The van der Waals surface area contributed by atoms with Gasteiger partial charge in [0.05, 0.1) is 10.6 Å². The van der Waals surface area contributed by atoms with Crippen molar-refractivity contribution in [2.45, 2.75) is 6.61 Å². The van der Waals surface area contributed by atoms with Gasteiger partial charge in [0, 0.05) is 24.5 Å². The highest BCUT2D eigenvalue weighted by atomic mass is 19.1. The number of ether oxygens (including phenoxy) is 1. The lowest BCUT2D eigenvalue weighted by molar-refractivity contribution is -0.386. The van der Waals surface area contributed by atoms with E-state index in [0.29, 0.717) is 5.69 Å². The smallest absolute Gasteiger partial charge is 0.311 e. The average molecular weight is 287 g/mol. The summed E-state index contributed by atoms with van der Waals surface area (Å²) in [5.74, 6) is -0.706. The molecule has 0 radical (unpaired) electrons. The molecule has 3 rings (SSSR count). The van der Waals surface area contributed by atoms with Crippen LogP contribution in [0.2, 0.25) is 0 Å². The molecule has 0 bridgehead atoms. The molecule has 0 N–H and O–H groups in total. The van der Waals surface area contributed by atoms with Crippen molar-refractivity contribution in [3.63, 3.8) is 0 Å². The van der Waals surface area contributed by atoms with Gasteiger partial charge in [0.2, 0.25) is 0 Å². The summed E-state index contributed by atoms with van der Waals surface area (Å²) in [5, 5.41) is 10.9. The van der Waals surface area contributed by atoms with E-state index in [1.54, 1.807) is 10.6 Å². The summed E-state index contributed by atoms with van der Waals surface area (Å²) in [6, 6.07) is 8.63. The fraction of sp³-hybridized carbons (Fsp3) is 0.0714. The number of imidazole rings is 1. The van der Waals surface area contributed by atoms with Crippen LogP contribution in [-0.2, 0) is 6.61 Å². The van der Waals surface area contributed by atoms with Crippen molar-refractivity contribution in [1.82, 2.24) is 9.38 Å². The largest absolute Gasteiger partial charge is 0.480 e. The lowest BCUT2D eigenvalue weighted by atomic mass is 10.3. The molecule has 0 saturated carbocycles. The minimum atomic E-state index is -0.613. The fourth-order valence-corrected chi connectivity index (χ4v) is 1.96. The molecular weight excluding hydrogens is 277 g/mol. The number of benzene rings is 1. The van der Waals surface area contributed by atoms with Crippen molar-refractivity contribution in [3.05, 3.63) is 70.4 Å². The van der Waals surface area contributed by atoms with Gasteiger partial charge in [0.15, 0.2) is 5.75 Å². The molecular formula is C14H10FN3O3. The van der Waals surface area contributed by atoms with Gasteiger partial charge in [0.25, 0.3) is 0 Å². The molecule has 3 aromatic rings. The minimum Gasteiger partial charge on any atom is -0.480 e. The maximum Gasteiger partial charge on any atom is 0.311 e. The van der Waals surface area contributed by atoms with E-state index in [9.17, 15) is 14.5 Å². The highest BCUT2D eigenvalue weighted by Crippen LogP contribution is 2.28. The maximum atomic E-state index is 13.2. The first-order valence-corrected chi connectivity index (χ1v) is 6.13. The first-order valence-electron chi connectivity index (χ1n) is 6.13. The average Bonchev–Trinajstić information content (AvgIpc) is 2.87. The van der Waals surface area contributed by atoms with Crippen molar-refractivity contribution in [1.29, 1.82) is 0 Å². The molecule has 2 heterocycles. The number of hydrogen-bond acceptors (Lipinski definition) is 4. The Labute approximate surface area is 118 Å². The van der Waals surface area contributed by atoms with Gasteiger partial charge in [0.1, 0.15) is 18.1 Å². The summed E-state index contributed by atoms with van der Waals surface area (Å²) >= 11 is 0. The normalized spacial score (nSPS) is 10.7. The lowest BCUT2D eigenvalue weighted by Gasteiger charge is -2.04. The van der Waals surface area contributed by atoms with Crippen LogP contribution in [0, 0.1) is 15.9 Å². The second kappa shape index (κ2) is 5.20. The molecule has 0 aliphatic heterocycles. The van der Waals surface area contributed by atoms with E-state index < -0.39 is 10.7 Å². The van der Waals surface area contributed by atoms with Crippen LogP contribution in [0.4, 0.5) is 10.1 Å². The topological polar surface area (TPSA) is 69.7 Å². The van der Waals surface area contributed by atoms with Crippen molar-refractivity contribution in [2.24, 2.45) is 0 Å². The predicted molar refractivity (Wildman–Crippen MR) is 72.6 cm³/mol. The second-order valence-corrected chi connectivity index (χ2v) is 4.36. The molecule has 2 aromatic heterocycles. The Bertz CT molecular complexity index is 783. The molecule has 21 heavy (non-hydrogen) atoms. The molecule has 6 nitrogen and oxygen atoms in total. The molecule has 7 heteroatoms. The van der Waals surface area contributed by atoms with Crippen molar-refractivity contribution in [3.8, 4) is 5.75 Å². The van der Waals surface area contributed by atoms with E-state index in [1.165, 1.54) is 0 Å². The second-order valence-electron chi connectivity index (χ2n) is 4.36. The van der Waals surface area contributed by atoms with Crippen LogP contribution in [0.5, 0.6) is 5.75 Å². The number of pyridine rings is 1. The zero-order chi connectivity index (χ0) is 14.8. The Morgan fingerprint density at radius 2 is 2.19 bits per heavy atom. The Morgan fingerprint density at radius 3 is 2.95 bits per heavy atom. The zero-order valence-electron chi connectivity index (χ0n) is 10.8. The van der Waals surface area contributed by atoms with E-state index in [-0.39, 0.29) is 18.0 Å². The van der Waals surface area contributed by atoms with Gasteiger partial charge in [-0.2, -0.15) is 0 Å². The van der Waals surface area contributed by atoms with E-state index in [0.717, 1.165) is 23.8 Å². The van der Waals surface area contributed by atoms with E-state index in [4.69, 9.17) is 4.74 Å². The summed E-state index contributed by atoms with van der Waals surface area (Å²) in [4.78, 5) is 14.6. The zero-order valence-corrected chi connectivity index (χ0v) is 10.8. The number of nitro benzene ring substituents is 1. The molecule has 0 aliphatic rings. The molecule has 0 amide bonds. The monoisotopic (exact) mass is 287 g/mol. The van der Waals surface area contributed by atoms with Crippen LogP contribution in [0.15, 0.2) is 48.8 Å². The van der Waals surface area contributed by atoms with Gasteiger partial charge in [-0.1, -0.05) is 6.07 Å². The molecule has 0 spiro atoms. The number of rotatable bonds is 4. The van der Waals surface area contributed by atoms with Crippen LogP contribution in [0.1, 0.15) is 5.69 Å². The van der Waals surface area contributed by atoms with E-state index in [2.05, 4.69) is 4.98 Å². The van der Waals surface area contributed by atoms with E-state index >= 15 is 0 Å². The molecule has 0 fully saturated rings. The van der Waals surface area contributed by atoms with Crippen molar-refractivity contribution in [2.75, 3.05) is 0 Å². The number of hydrogen-bond donors (Lipinski definition) is 0. The highest BCUT2D eigenvalue weighted by molar-refractivity contribution is 5.46. The van der Waals surface area contributed by atoms with Gasteiger partial charge in [-0.05, 0) is 18.2 Å².